The second kappa shape index (κ2) is 5.63. The van der Waals surface area contributed by atoms with Crippen LogP contribution in [0.5, 0.6) is 0 Å². The van der Waals surface area contributed by atoms with Gasteiger partial charge >= 0.3 is 0 Å². The molecule has 2 heterocycles. The van der Waals surface area contributed by atoms with E-state index in [4.69, 9.17) is 0 Å². The Balaban J connectivity index is 1.72. The molecule has 0 bridgehead atoms. The molecule has 0 atom stereocenters. The van der Waals surface area contributed by atoms with Crippen molar-refractivity contribution in [2.45, 2.75) is 33.0 Å². The van der Waals surface area contributed by atoms with Gasteiger partial charge in [-0.15, -0.1) is 6.58 Å². The zero-order valence-corrected chi connectivity index (χ0v) is 12.0. The highest BCUT2D eigenvalue weighted by Crippen LogP contribution is 2.21. The highest BCUT2D eigenvalue weighted by atomic mass is 15.3. The number of aromatic nitrogens is 2. The molecular formula is C17H21N3. The van der Waals surface area contributed by atoms with Crippen molar-refractivity contribution in [2.75, 3.05) is 6.54 Å². The molecule has 1 aromatic heterocycles. The SMILES string of the molecule is C=CCn1ncc(CN2CCc3ccccc3C2)c1C. The Morgan fingerprint density at radius 1 is 1.30 bits per heavy atom. The molecule has 3 rings (SSSR count). The Labute approximate surface area is 120 Å². The van der Waals surface area contributed by atoms with Crippen molar-refractivity contribution in [3.05, 3.63) is 65.5 Å². The van der Waals surface area contributed by atoms with Gasteiger partial charge < -0.3 is 0 Å². The monoisotopic (exact) mass is 267 g/mol. The van der Waals surface area contributed by atoms with Crippen LogP contribution in [0.15, 0.2) is 43.1 Å². The van der Waals surface area contributed by atoms with Crippen LogP contribution in [-0.4, -0.2) is 21.2 Å². The van der Waals surface area contributed by atoms with Crippen molar-refractivity contribution in [1.29, 1.82) is 0 Å². The number of allylic oxidation sites excluding steroid dienone is 1. The third kappa shape index (κ3) is 2.54. The summed E-state index contributed by atoms with van der Waals surface area (Å²) < 4.78 is 2.01. The van der Waals surface area contributed by atoms with Crippen LogP contribution in [0.3, 0.4) is 0 Å². The van der Waals surface area contributed by atoms with Crippen LogP contribution in [0, 0.1) is 6.92 Å². The molecule has 0 unspecified atom stereocenters. The van der Waals surface area contributed by atoms with E-state index in [1.54, 1.807) is 0 Å². The molecule has 0 saturated carbocycles. The van der Waals surface area contributed by atoms with Crippen LogP contribution in [0.25, 0.3) is 0 Å². The fourth-order valence-corrected chi connectivity index (χ4v) is 2.88. The van der Waals surface area contributed by atoms with Gasteiger partial charge in [0, 0.05) is 30.9 Å². The van der Waals surface area contributed by atoms with E-state index in [1.165, 1.54) is 22.4 Å². The zero-order chi connectivity index (χ0) is 13.9. The summed E-state index contributed by atoms with van der Waals surface area (Å²) in [6.45, 7) is 9.86. The number of fused-ring (bicyclic) bond motifs is 1. The molecule has 104 valence electrons. The van der Waals surface area contributed by atoms with Crippen LogP contribution < -0.4 is 0 Å². The highest BCUT2D eigenvalue weighted by Gasteiger charge is 2.17. The molecule has 0 amide bonds. The van der Waals surface area contributed by atoms with Gasteiger partial charge in [-0.3, -0.25) is 9.58 Å². The minimum absolute atomic E-state index is 0.786. The predicted molar refractivity (Wildman–Crippen MR) is 81.4 cm³/mol. The van der Waals surface area contributed by atoms with Crippen LogP contribution in [0.1, 0.15) is 22.4 Å². The van der Waals surface area contributed by atoms with E-state index in [0.29, 0.717) is 0 Å². The van der Waals surface area contributed by atoms with Gasteiger partial charge in [0.05, 0.1) is 12.7 Å². The Morgan fingerprint density at radius 2 is 2.10 bits per heavy atom. The molecule has 20 heavy (non-hydrogen) atoms. The lowest BCUT2D eigenvalue weighted by Crippen LogP contribution is -2.30. The van der Waals surface area contributed by atoms with E-state index >= 15 is 0 Å². The van der Waals surface area contributed by atoms with Crippen molar-refractivity contribution in [3.63, 3.8) is 0 Å². The summed E-state index contributed by atoms with van der Waals surface area (Å²) in [4.78, 5) is 2.50. The minimum atomic E-state index is 0.786. The van der Waals surface area contributed by atoms with Crippen molar-refractivity contribution in [3.8, 4) is 0 Å². The third-order valence-electron chi connectivity index (χ3n) is 4.11. The quantitative estimate of drug-likeness (QED) is 0.794. The van der Waals surface area contributed by atoms with E-state index in [2.05, 4.69) is 47.8 Å². The van der Waals surface area contributed by atoms with Crippen LogP contribution in [0.4, 0.5) is 0 Å². The Morgan fingerprint density at radius 3 is 2.90 bits per heavy atom. The summed E-state index contributed by atoms with van der Waals surface area (Å²) in [6.07, 6.45) is 5.04. The fraction of sp³-hybridized carbons (Fsp3) is 0.353. The standard InChI is InChI=1S/C17H21N3/c1-3-9-20-14(2)17(11-18-20)13-19-10-8-15-6-4-5-7-16(15)12-19/h3-7,11H,1,8-10,12-13H2,2H3. The maximum Gasteiger partial charge on any atom is 0.0590 e. The maximum atomic E-state index is 4.43. The smallest absolute Gasteiger partial charge is 0.0590 e. The van der Waals surface area contributed by atoms with Crippen LogP contribution >= 0.6 is 0 Å². The molecule has 2 aromatic rings. The maximum absolute atomic E-state index is 4.43. The Kier molecular flexibility index (Phi) is 3.70. The first kappa shape index (κ1) is 13.1. The number of rotatable bonds is 4. The number of hydrogen-bond acceptors (Lipinski definition) is 2. The second-order valence-corrected chi connectivity index (χ2v) is 5.46. The first-order valence-electron chi connectivity index (χ1n) is 7.19. The van der Waals surface area contributed by atoms with Crippen LogP contribution in [-0.2, 0) is 26.1 Å². The molecule has 0 aliphatic carbocycles. The molecule has 0 fully saturated rings. The van der Waals surface area contributed by atoms with E-state index in [9.17, 15) is 0 Å². The van der Waals surface area contributed by atoms with Crippen LogP contribution in [0.2, 0.25) is 0 Å². The first-order chi connectivity index (χ1) is 9.78. The van der Waals surface area contributed by atoms with E-state index < -0.39 is 0 Å². The van der Waals surface area contributed by atoms with Crippen molar-refractivity contribution < 1.29 is 0 Å². The topological polar surface area (TPSA) is 21.1 Å². The predicted octanol–water partition coefficient (Wildman–Crippen LogP) is 2.94. The zero-order valence-electron chi connectivity index (χ0n) is 12.0. The summed E-state index contributed by atoms with van der Waals surface area (Å²) in [6, 6.07) is 8.77. The van der Waals surface area contributed by atoms with Gasteiger partial charge in [-0.05, 0) is 24.5 Å². The summed E-state index contributed by atoms with van der Waals surface area (Å²) >= 11 is 0. The van der Waals surface area contributed by atoms with E-state index in [0.717, 1.165) is 32.6 Å². The lowest BCUT2D eigenvalue weighted by atomic mass is 9.99. The van der Waals surface area contributed by atoms with Gasteiger partial charge in [0.15, 0.2) is 0 Å². The summed E-state index contributed by atoms with van der Waals surface area (Å²) in [5.74, 6) is 0. The second-order valence-electron chi connectivity index (χ2n) is 5.46. The van der Waals surface area contributed by atoms with Gasteiger partial charge in [-0.1, -0.05) is 30.3 Å². The largest absolute Gasteiger partial charge is 0.294 e. The number of benzene rings is 1. The molecule has 0 spiro atoms. The third-order valence-corrected chi connectivity index (χ3v) is 4.11. The van der Waals surface area contributed by atoms with Gasteiger partial charge in [0.2, 0.25) is 0 Å². The molecule has 1 aromatic carbocycles. The first-order valence-corrected chi connectivity index (χ1v) is 7.19. The average Bonchev–Trinajstić information content (AvgIpc) is 2.81. The van der Waals surface area contributed by atoms with E-state index in [-0.39, 0.29) is 0 Å². The molecule has 3 heteroatoms. The Hall–Kier alpha value is -1.87. The highest BCUT2D eigenvalue weighted by molar-refractivity contribution is 5.29. The van der Waals surface area contributed by atoms with Crippen molar-refractivity contribution in [1.82, 2.24) is 14.7 Å². The fourth-order valence-electron chi connectivity index (χ4n) is 2.88. The van der Waals surface area contributed by atoms with Gasteiger partial charge in [-0.2, -0.15) is 5.10 Å². The summed E-state index contributed by atoms with van der Waals surface area (Å²) in [7, 11) is 0. The lowest BCUT2D eigenvalue weighted by molar-refractivity contribution is 0.245. The minimum Gasteiger partial charge on any atom is -0.294 e. The number of nitrogens with zero attached hydrogens (tertiary/aromatic N) is 3. The average molecular weight is 267 g/mol. The molecule has 0 saturated heterocycles. The number of hydrogen-bond donors (Lipinski definition) is 0. The molecule has 0 N–H and O–H groups in total. The van der Waals surface area contributed by atoms with Gasteiger partial charge in [0.1, 0.15) is 0 Å². The molecule has 0 radical (unpaired) electrons. The van der Waals surface area contributed by atoms with Crippen molar-refractivity contribution in [2.24, 2.45) is 0 Å². The van der Waals surface area contributed by atoms with Gasteiger partial charge in [0.25, 0.3) is 0 Å². The molecule has 1 aliphatic rings. The van der Waals surface area contributed by atoms with Gasteiger partial charge in [-0.25, -0.2) is 0 Å². The summed E-state index contributed by atoms with van der Waals surface area (Å²) in [5.41, 5.74) is 5.55. The molecule has 3 nitrogen and oxygen atoms in total. The molecular weight excluding hydrogens is 246 g/mol. The summed E-state index contributed by atoms with van der Waals surface area (Å²) in [5, 5.41) is 4.43. The Bertz CT molecular complexity index is 612. The lowest BCUT2D eigenvalue weighted by Gasteiger charge is -2.28. The normalized spacial score (nSPS) is 15.1. The molecule has 1 aliphatic heterocycles. The van der Waals surface area contributed by atoms with E-state index in [1.807, 2.05) is 17.0 Å². The van der Waals surface area contributed by atoms with Crippen molar-refractivity contribution >= 4 is 0 Å².